The predicted octanol–water partition coefficient (Wildman–Crippen LogP) is 3.72. The van der Waals surface area contributed by atoms with Crippen molar-refractivity contribution in [2.75, 3.05) is 0 Å². The molecule has 0 aliphatic rings. The zero-order valence-electron chi connectivity index (χ0n) is 9.70. The minimum Gasteiger partial charge on any atom is -0.326 e. The van der Waals surface area contributed by atoms with Crippen molar-refractivity contribution in [1.82, 2.24) is 0 Å². The smallest absolute Gasteiger partial charge is 0.127 e. The molecule has 1 nitrogen and oxygen atoms in total. The Morgan fingerprint density at radius 2 is 1.72 bits per heavy atom. The van der Waals surface area contributed by atoms with Gasteiger partial charge < -0.3 is 5.73 Å². The molecule has 0 fully saturated rings. The Kier molecular flexibility index (Phi) is 4.33. The third kappa shape index (κ3) is 3.31. The normalized spacial score (nSPS) is 10.6. The van der Waals surface area contributed by atoms with Crippen LogP contribution in [0, 0.1) is 11.6 Å². The number of halogens is 2. The first-order valence-corrected chi connectivity index (χ1v) is 6.53. The van der Waals surface area contributed by atoms with Gasteiger partial charge in [0.1, 0.15) is 11.6 Å². The van der Waals surface area contributed by atoms with E-state index >= 15 is 0 Å². The standard InChI is InChI=1S/C14H13F2NS/c15-12-3-5-13(6-4-12)18-9-11-2-1-10(8-17)7-14(11)16/h1-7H,8-9,17H2. The molecule has 18 heavy (non-hydrogen) atoms. The molecule has 0 aliphatic heterocycles. The van der Waals surface area contributed by atoms with Crippen molar-refractivity contribution in [2.24, 2.45) is 5.73 Å². The maximum Gasteiger partial charge on any atom is 0.127 e. The zero-order chi connectivity index (χ0) is 13.0. The van der Waals surface area contributed by atoms with Crippen LogP contribution in [0.1, 0.15) is 11.1 Å². The van der Waals surface area contributed by atoms with Gasteiger partial charge in [0.05, 0.1) is 0 Å². The molecule has 0 aliphatic carbocycles. The van der Waals surface area contributed by atoms with Gasteiger partial charge in [-0.25, -0.2) is 8.78 Å². The summed E-state index contributed by atoms with van der Waals surface area (Å²) >= 11 is 1.47. The fraction of sp³-hybridized carbons (Fsp3) is 0.143. The summed E-state index contributed by atoms with van der Waals surface area (Å²) in [7, 11) is 0. The van der Waals surface area contributed by atoms with Crippen LogP contribution in [0.25, 0.3) is 0 Å². The van der Waals surface area contributed by atoms with E-state index < -0.39 is 0 Å². The summed E-state index contributed by atoms with van der Waals surface area (Å²) in [6, 6.07) is 11.2. The van der Waals surface area contributed by atoms with Crippen molar-refractivity contribution in [2.45, 2.75) is 17.2 Å². The summed E-state index contributed by atoms with van der Waals surface area (Å²) in [6.45, 7) is 0.336. The van der Waals surface area contributed by atoms with Crippen molar-refractivity contribution >= 4 is 11.8 Å². The lowest BCUT2D eigenvalue weighted by atomic mass is 10.1. The minimum absolute atomic E-state index is 0.243. The predicted molar refractivity (Wildman–Crippen MR) is 70.3 cm³/mol. The summed E-state index contributed by atoms with van der Waals surface area (Å²) in [4.78, 5) is 0.915. The Bertz CT molecular complexity index is 526. The molecule has 2 aromatic carbocycles. The van der Waals surface area contributed by atoms with E-state index in [0.29, 0.717) is 17.9 Å². The Morgan fingerprint density at radius 1 is 1.00 bits per heavy atom. The molecule has 0 aromatic heterocycles. The lowest BCUT2D eigenvalue weighted by Gasteiger charge is -2.05. The van der Waals surface area contributed by atoms with Crippen molar-refractivity contribution in [3.8, 4) is 0 Å². The average molecular weight is 265 g/mol. The van der Waals surface area contributed by atoms with Crippen LogP contribution >= 0.6 is 11.8 Å². The van der Waals surface area contributed by atoms with Crippen LogP contribution in [0.15, 0.2) is 47.4 Å². The summed E-state index contributed by atoms with van der Waals surface area (Å²) < 4.78 is 26.4. The van der Waals surface area contributed by atoms with Crippen molar-refractivity contribution in [3.63, 3.8) is 0 Å². The third-order valence-electron chi connectivity index (χ3n) is 2.56. The maximum atomic E-state index is 13.7. The van der Waals surface area contributed by atoms with Gasteiger partial charge in [0.15, 0.2) is 0 Å². The molecular formula is C14H13F2NS. The fourth-order valence-electron chi connectivity index (χ4n) is 1.53. The first-order valence-electron chi connectivity index (χ1n) is 5.55. The molecule has 4 heteroatoms. The highest BCUT2D eigenvalue weighted by atomic mass is 32.2. The van der Waals surface area contributed by atoms with Crippen LogP contribution in [-0.4, -0.2) is 0 Å². The highest BCUT2D eigenvalue weighted by Gasteiger charge is 2.04. The van der Waals surface area contributed by atoms with E-state index in [1.807, 2.05) is 6.07 Å². The number of hydrogen-bond donors (Lipinski definition) is 1. The number of hydrogen-bond acceptors (Lipinski definition) is 2. The highest BCUT2D eigenvalue weighted by molar-refractivity contribution is 7.98. The Balaban J connectivity index is 2.04. The molecule has 2 rings (SSSR count). The minimum atomic E-state index is -0.266. The molecule has 0 atom stereocenters. The fourth-order valence-corrected chi connectivity index (χ4v) is 2.41. The number of rotatable bonds is 4. The van der Waals surface area contributed by atoms with Crippen molar-refractivity contribution < 1.29 is 8.78 Å². The molecule has 2 N–H and O–H groups in total. The first kappa shape index (κ1) is 13.1. The molecular weight excluding hydrogens is 252 g/mol. The maximum absolute atomic E-state index is 13.7. The van der Waals surface area contributed by atoms with E-state index in [1.54, 1.807) is 18.2 Å². The average Bonchev–Trinajstić information content (AvgIpc) is 2.39. The molecule has 2 aromatic rings. The van der Waals surface area contributed by atoms with Gasteiger partial charge in [0.2, 0.25) is 0 Å². The largest absolute Gasteiger partial charge is 0.326 e. The van der Waals surface area contributed by atoms with Gasteiger partial charge in [0.25, 0.3) is 0 Å². The van der Waals surface area contributed by atoms with Crippen LogP contribution in [0.2, 0.25) is 0 Å². The second-order valence-corrected chi connectivity index (χ2v) is 4.92. The molecule has 0 radical (unpaired) electrons. The molecule has 0 saturated heterocycles. The van der Waals surface area contributed by atoms with Gasteiger partial charge in [0, 0.05) is 17.2 Å². The molecule has 0 saturated carbocycles. The van der Waals surface area contributed by atoms with E-state index in [4.69, 9.17) is 5.73 Å². The SMILES string of the molecule is NCc1ccc(CSc2ccc(F)cc2)c(F)c1. The van der Waals surface area contributed by atoms with Crippen LogP contribution in [0.5, 0.6) is 0 Å². The van der Waals surface area contributed by atoms with Gasteiger partial charge in [-0.3, -0.25) is 0 Å². The van der Waals surface area contributed by atoms with Gasteiger partial charge in [-0.15, -0.1) is 11.8 Å². The van der Waals surface area contributed by atoms with E-state index in [1.165, 1.54) is 30.0 Å². The molecule has 94 valence electrons. The summed E-state index contributed by atoms with van der Waals surface area (Å²) in [5.74, 6) is 0.00729. The van der Waals surface area contributed by atoms with Gasteiger partial charge in [-0.05, 0) is 41.5 Å². The third-order valence-corrected chi connectivity index (χ3v) is 3.62. The van der Waals surface area contributed by atoms with Crippen molar-refractivity contribution in [1.29, 1.82) is 0 Å². The second-order valence-electron chi connectivity index (χ2n) is 3.87. The van der Waals surface area contributed by atoms with Gasteiger partial charge in [-0.1, -0.05) is 12.1 Å². The molecule has 0 unspecified atom stereocenters. The number of thioether (sulfide) groups is 1. The van der Waals surface area contributed by atoms with Gasteiger partial charge in [-0.2, -0.15) is 0 Å². The van der Waals surface area contributed by atoms with Crippen LogP contribution in [0.4, 0.5) is 8.78 Å². The number of benzene rings is 2. The topological polar surface area (TPSA) is 26.0 Å². The highest BCUT2D eigenvalue weighted by Crippen LogP contribution is 2.24. The Morgan fingerprint density at radius 3 is 2.33 bits per heavy atom. The van der Waals surface area contributed by atoms with Gasteiger partial charge >= 0.3 is 0 Å². The van der Waals surface area contributed by atoms with Crippen molar-refractivity contribution in [3.05, 3.63) is 65.2 Å². The molecule has 0 bridgehead atoms. The second kappa shape index (κ2) is 5.98. The van der Waals surface area contributed by atoms with E-state index in [0.717, 1.165) is 10.5 Å². The van der Waals surface area contributed by atoms with E-state index in [-0.39, 0.29) is 11.6 Å². The van der Waals surface area contributed by atoms with E-state index in [2.05, 4.69) is 0 Å². The number of nitrogens with two attached hydrogens (primary N) is 1. The summed E-state index contributed by atoms with van der Waals surface area (Å²) in [6.07, 6.45) is 0. The lowest BCUT2D eigenvalue weighted by molar-refractivity contribution is 0.615. The van der Waals surface area contributed by atoms with Crippen LogP contribution < -0.4 is 5.73 Å². The zero-order valence-corrected chi connectivity index (χ0v) is 10.5. The lowest BCUT2D eigenvalue weighted by Crippen LogP contribution is -1.98. The Hall–Kier alpha value is -1.39. The quantitative estimate of drug-likeness (QED) is 0.853. The Labute approximate surface area is 109 Å². The monoisotopic (exact) mass is 265 g/mol. The molecule has 0 amide bonds. The summed E-state index contributed by atoms with van der Waals surface area (Å²) in [5.41, 5.74) is 6.85. The van der Waals surface area contributed by atoms with Crippen LogP contribution in [0.3, 0.4) is 0 Å². The molecule has 0 heterocycles. The molecule has 0 spiro atoms. The van der Waals surface area contributed by atoms with Crippen LogP contribution in [-0.2, 0) is 12.3 Å². The first-order chi connectivity index (χ1) is 8.69. The van der Waals surface area contributed by atoms with E-state index in [9.17, 15) is 8.78 Å². The summed E-state index contributed by atoms with van der Waals surface area (Å²) in [5, 5.41) is 0.